The predicted octanol–water partition coefficient (Wildman–Crippen LogP) is 2.05. The molecule has 0 unspecified atom stereocenters. The minimum atomic E-state index is -0.0110. The Labute approximate surface area is 139 Å². The van der Waals surface area contributed by atoms with Gasteiger partial charge in [0.25, 0.3) is 0 Å². The van der Waals surface area contributed by atoms with E-state index in [1.54, 1.807) is 12.1 Å². The first kappa shape index (κ1) is 16.0. The third-order valence-corrected chi connectivity index (χ3v) is 3.90. The van der Waals surface area contributed by atoms with Crippen molar-refractivity contribution in [3.63, 3.8) is 0 Å². The smallest absolute Gasteiger partial charge is 0.233 e. The van der Waals surface area contributed by atoms with Crippen LogP contribution in [0.5, 0.6) is 0 Å². The van der Waals surface area contributed by atoms with E-state index < -0.39 is 0 Å². The van der Waals surface area contributed by atoms with Crippen LogP contribution in [-0.2, 0) is 11.2 Å². The Morgan fingerprint density at radius 3 is 2.83 bits per heavy atom. The summed E-state index contributed by atoms with van der Waals surface area (Å²) in [4.78, 5) is 16.0. The van der Waals surface area contributed by atoms with Crippen molar-refractivity contribution in [1.29, 1.82) is 0 Å². The van der Waals surface area contributed by atoms with Gasteiger partial charge in [-0.25, -0.2) is 0 Å². The predicted molar refractivity (Wildman–Crippen MR) is 87.1 cm³/mol. The van der Waals surface area contributed by atoms with Gasteiger partial charge in [0.15, 0.2) is 0 Å². The Kier molecular flexibility index (Phi) is 5.25. The first-order valence-corrected chi connectivity index (χ1v) is 8.14. The molecule has 7 heteroatoms. The number of nitrogens with zero attached hydrogens (tertiary/aromatic N) is 2. The van der Waals surface area contributed by atoms with E-state index in [2.05, 4.69) is 20.8 Å². The van der Waals surface area contributed by atoms with Crippen molar-refractivity contribution in [2.24, 2.45) is 5.92 Å². The summed E-state index contributed by atoms with van der Waals surface area (Å²) in [5, 5.41) is 10.6. The highest BCUT2D eigenvalue weighted by Crippen LogP contribution is 2.27. The molecule has 3 rings (SSSR count). The summed E-state index contributed by atoms with van der Waals surface area (Å²) < 4.78 is 5.19. The number of amides is 1. The van der Waals surface area contributed by atoms with Crippen LogP contribution in [0.3, 0.4) is 0 Å². The second-order valence-corrected chi connectivity index (χ2v) is 6.13. The molecule has 1 heterocycles. The largest absolute Gasteiger partial charge is 0.354 e. The lowest BCUT2D eigenvalue weighted by Crippen LogP contribution is -2.35. The fraction of sp³-hybridized carbons (Fsp3) is 0.438. The molecule has 6 nitrogen and oxygen atoms in total. The topological polar surface area (TPSA) is 80.0 Å². The number of rotatable bonds is 8. The van der Waals surface area contributed by atoms with Crippen LogP contribution in [0.2, 0.25) is 5.02 Å². The molecule has 0 saturated heterocycles. The van der Waals surface area contributed by atoms with Crippen LogP contribution >= 0.6 is 11.6 Å². The zero-order valence-electron chi connectivity index (χ0n) is 12.7. The number of carbonyl (C=O) groups excluding carboxylic acids is 1. The van der Waals surface area contributed by atoms with Crippen LogP contribution in [-0.4, -0.2) is 35.7 Å². The summed E-state index contributed by atoms with van der Waals surface area (Å²) in [5.74, 6) is 1.78. The van der Waals surface area contributed by atoms with Crippen LogP contribution in [0, 0.1) is 5.92 Å². The van der Waals surface area contributed by atoms with Gasteiger partial charge in [-0.2, -0.15) is 4.98 Å². The molecule has 2 aromatic rings. The summed E-state index contributed by atoms with van der Waals surface area (Å²) >= 11 is 5.85. The number of carbonyl (C=O) groups is 1. The van der Waals surface area contributed by atoms with Gasteiger partial charge in [-0.3, -0.25) is 4.79 Å². The Bertz CT molecular complexity index is 652. The van der Waals surface area contributed by atoms with Gasteiger partial charge in [0.1, 0.15) is 0 Å². The van der Waals surface area contributed by atoms with Gasteiger partial charge in [0, 0.05) is 23.6 Å². The van der Waals surface area contributed by atoms with Crippen molar-refractivity contribution < 1.29 is 9.32 Å². The molecule has 1 aromatic carbocycles. The maximum Gasteiger partial charge on any atom is 0.233 e. The molecule has 2 N–H and O–H groups in total. The molecule has 23 heavy (non-hydrogen) atoms. The lowest BCUT2D eigenvalue weighted by Gasteiger charge is -2.04. The molecule has 1 fully saturated rings. The van der Waals surface area contributed by atoms with E-state index in [1.165, 1.54) is 12.8 Å². The van der Waals surface area contributed by atoms with Crippen molar-refractivity contribution in [1.82, 2.24) is 20.8 Å². The summed E-state index contributed by atoms with van der Waals surface area (Å²) in [5.41, 5.74) is 0.845. The minimum absolute atomic E-state index is 0.0110. The van der Waals surface area contributed by atoms with Crippen molar-refractivity contribution in [2.75, 3.05) is 19.6 Å². The third-order valence-electron chi connectivity index (χ3n) is 3.65. The Hall–Kier alpha value is -1.92. The molecule has 0 aliphatic heterocycles. The summed E-state index contributed by atoms with van der Waals surface area (Å²) in [7, 11) is 0. The molecule has 1 aliphatic rings. The number of hydrogen-bond acceptors (Lipinski definition) is 5. The molecular weight excluding hydrogens is 316 g/mol. The average molecular weight is 335 g/mol. The van der Waals surface area contributed by atoms with E-state index in [9.17, 15) is 4.79 Å². The molecule has 0 atom stereocenters. The lowest BCUT2D eigenvalue weighted by molar-refractivity contribution is -0.120. The van der Waals surface area contributed by atoms with Gasteiger partial charge in [-0.1, -0.05) is 16.8 Å². The molecule has 0 bridgehead atoms. The van der Waals surface area contributed by atoms with Crippen molar-refractivity contribution in [3.8, 4) is 11.4 Å². The van der Waals surface area contributed by atoms with Crippen LogP contribution in [0.25, 0.3) is 11.4 Å². The first-order chi connectivity index (χ1) is 11.2. The lowest BCUT2D eigenvalue weighted by atomic mass is 10.2. The van der Waals surface area contributed by atoms with E-state index >= 15 is 0 Å². The summed E-state index contributed by atoms with van der Waals surface area (Å²) in [6, 6.07) is 7.23. The summed E-state index contributed by atoms with van der Waals surface area (Å²) in [6.07, 6.45) is 3.07. The third kappa shape index (κ3) is 5.04. The second-order valence-electron chi connectivity index (χ2n) is 5.69. The standard InChI is InChI=1S/C16H19ClN4O2/c17-13-5-3-12(4-6-13)16-20-15(23-21-16)7-8-19-14(22)10-18-9-11-1-2-11/h3-6,11,18H,1-2,7-10H2,(H,19,22). The maximum atomic E-state index is 11.6. The van der Waals surface area contributed by atoms with E-state index in [0.29, 0.717) is 36.2 Å². The zero-order chi connectivity index (χ0) is 16.1. The SMILES string of the molecule is O=C(CNCC1CC1)NCCc1nc(-c2ccc(Cl)cc2)no1. The van der Waals surface area contributed by atoms with Crippen LogP contribution in [0.1, 0.15) is 18.7 Å². The molecule has 122 valence electrons. The Morgan fingerprint density at radius 1 is 1.30 bits per heavy atom. The van der Waals surface area contributed by atoms with Gasteiger partial charge >= 0.3 is 0 Å². The second kappa shape index (κ2) is 7.57. The van der Waals surface area contributed by atoms with E-state index in [4.69, 9.17) is 16.1 Å². The van der Waals surface area contributed by atoms with Crippen molar-refractivity contribution >= 4 is 17.5 Å². The van der Waals surface area contributed by atoms with Gasteiger partial charge < -0.3 is 15.2 Å². The highest BCUT2D eigenvalue weighted by atomic mass is 35.5. The van der Waals surface area contributed by atoms with E-state index in [1.807, 2.05) is 12.1 Å². The highest BCUT2D eigenvalue weighted by molar-refractivity contribution is 6.30. The number of benzene rings is 1. The number of halogens is 1. The molecular formula is C16H19ClN4O2. The molecule has 1 aliphatic carbocycles. The molecule has 1 saturated carbocycles. The van der Waals surface area contributed by atoms with Gasteiger partial charge in [-0.15, -0.1) is 0 Å². The zero-order valence-corrected chi connectivity index (χ0v) is 13.5. The highest BCUT2D eigenvalue weighted by Gasteiger charge is 2.20. The summed E-state index contributed by atoms with van der Waals surface area (Å²) in [6.45, 7) is 1.77. The van der Waals surface area contributed by atoms with Crippen LogP contribution in [0.15, 0.2) is 28.8 Å². The molecule has 1 amide bonds. The van der Waals surface area contributed by atoms with E-state index in [-0.39, 0.29) is 5.91 Å². The molecule has 0 spiro atoms. The van der Waals surface area contributed by atoms with Gasteiger partial charge in [-0.05, 0) is 49.6 Å². The maximum absolute atomic E-state index is 11.6. The molecule has 1 aromatic heterocycles. The number of nitrogens with one attached hydrogen (secondary N) is 2. The van der Waals surface area contributed by atoms with Gasteiger partial charge in [0.2, 0.25) is 17.6 Å². The van der Waals surface area contributed by atoms with Gasteiger partial charge in [0.05, 0.1) is 6.54 Å². The Morgan fingerprint density at radius 2 is 2.09 bits per heavy atom. The van der Waals surface area contributed by atoms with E-state index in [0.717, 1.165) is 18.0 Å². The first-order valence-electron chi connectivity index (χ1n) is 7.76. The minimum Gasteiger partial charge on any atom is -0.354 e. The Balaban J connectivity index is 1.40. The van der Waals surface area contributed by atoms with Crippen molar-refractivity contribution in [2.45, 2.75) is 19.3 Å². The normalized spacial score (nSPS) is 14.0. The molecule has 0 radical (unpaired) electrons. The number of hydrogen-bond donors (Lipinski definition) is 2. The van der Waals surface area contributed by atoms with Crippen LogP contribution in [0.4, 0.5) is 0 Å². The monoisotopic (exact) mass is 334 g/mol. The number of aromatic nitrogens is 2. The fourth-order valence-electron chi connectivity index (χ4n) is 2.16. The van der Waals surface area contributed by atoms with Crippen LogP contribution < -0.4 is 10.6 Å². The quantitative estimate of drug-likeness (QED) is 0.772. The average Bonchev–Trinajstić information content (AvgIpc) is 3.25. The fourth-order valence-corrected chi connectivity index (χ4v) is 2.28. The van der Waals surface area contributed by atoms with Crippen molar-refractivity contribution in [3.05, 3.63) is 35.2 Å².